The first-order chi connectivity index (χ1) is 12.2. The highest BCUT2D eigenvalue weighted by Crippen LogP contribution is 2.18. The average molecular weight is 344 g/mol. The molecule has 4 heteroatoms. The van der Waals surface area contributed by atoms with Crippen molar-refractivity contribution in [3.8, 4) is 0 Å². The SMILES string of the molecule is CCCn1c(CCCCCNC(=O)C(CC)CC)nc2ccccc21. The van der Waals surface area contributed by atoms with Gasteiger partial charge in [0, 0.05) is 25.4 Å². The van der Waals surface area contributed by atoms with Crippen molar-refractivity contribution in [1.82, 2.24) is 14.9 Å². The number of hydrogen-bond acceptors (Lipinski definition) is 2. The molecule has 25 heavy (non-hydrogen) atoms. The topological polar surface area (TPSA) is 46.9 Å². The summed E-state index contributed by atoms with van der Waals surface area (Å²) < 4.78 is 2.37. The molecule has 0 saturated carbocycles. The molecule has 1 heterocycles. The minimum absolute atomic E-state index is 0.175. The van der Waals surface area contributed by atoms with Crippen LogP contribution in [0.25, 0.3) is 11.0 Å². The molecule has 0 spiro atoms. The molecule has 0 bridgehead atoms. The predicted octanol–water partition coefficient (Wildman–Crippen LogP) is 4.71. The number of amides is 1. The van der Waals surface area contributed by atoms with Gasteiger partial charge < -0.3 is 9.88 Å². The van der Waals surface area contributed by atoms with Gasteiger partial charge in [-0.15, -0.1) is 0 Å². The van der Waals surface area contributed by atoms with E-state index >= 15 is 0 Å². The molecule has 0 aliphatic rings. The second-order valence-electron chi connectivity index (χ2n) is 6.78. The summed E-state index contributed by atoms with van der Waals surface area (Å²) in [5.74, 6) is 1.59. The molecule has 4 nitrogen and oxygen atoms in total. The Bertz CT molecular complexity index is 658. The number of nitrogens with one attached hydrogen (secondary N) is 1. The molecule has 0 atom stereocenters. The van der Waals surface area contributed by atoms with Gasteiger partial charge in [0.1, 0.15) is 5.82 Å². The molecular weight excluding hydrogens is 310 g/mol. The molecule has 138 valence electrons. The maximum Gasteiger partial charge on any atom is 0.223 e. The van der Waals surface area contributed by atoms with Gasteiger partial charge in [0.05, 0.1) is 11.0 Å². The standard InChI is InChI=1S/C21H33N3O/c1-4-16-24-19-13-10-9-12-18(19)23-20(24)14-8-7-11-15-22-21(25)17(5-2)6-3/h9-10,12-13,17H,4-8,11,14-16H2,1-3H3,(H,22,25). The van der Waals surface area contributed by atoms with E-state index in [2.05, 4.69) is 54.9 Å². The van der Waals surface area contributed by atoms with Crippen LogP contribution in [-0.4, -0.2) is 22.0 Å². The Morgan fingerprint density at radius 1 is 1.12 bits per heavy atom. The lowest BCUT2D eigenvalue weighted by Gasteiger charge is -2.12. The van der Waals surface area contributed by atoms with Crippen LogP contribution in [0.1, 0.15) is 65.1 Å². The largest absolute Gasteiger partial charge is 0.356 e. The predicted molar refractivity (Wildman–Crippen MR) is 105 cm³/mol. The number of rotatable bonds is 11. The molecule has 0 radical (unpaired) electrons. The third-order valence-electron chi connectivity index (χ3n) is 4.91. The minimum Gasteiger partial charge on any atom is -0.356 e. The summed E-state index contributed by atoms with van der Waals surface area (Å²) in [6, 6.07) is 8.40. The monoisotopic (exact) mass is 343 g/mol. The zero-order valence-electron chi connectivity index (χ0n) is 16.1. The van der Waals surface area contributed by atoms with Crippen LogP contribution in [-0.2, 0) is 17.8 Å². The molecule has 0 fully saturated rings. The molecule has 0 unspecified atom stereocenters. The Kier molecular flexibility index (Phi) is 7.96. The quantitative estimate of drug-likeness (QED) is 0.601. The van der Waals surface area contributed by atoms with Crippen molar-refractivity contribution in [3.05, 3.63) is 30.1 Å². The highest BCUT2D eigenvalue weighted by Gasteiger charge is 2.13. The van der Waals surface area contributed by atoms with E-state index in [0.717, 1.165) is 63.6 Å². The number of aromatic nitrogens is 2. The van der Waals surface area contributed by atoms with E-state index in [0.29, 0.717) is 0 Å². The van der Waals surface area contributed by atoms with E-state index in [1.54, 1.807) is 0 Å². The van der Waals surface area contributed by atoms with Gasteiger partial charge in [0.2, 0.25) is 5.91 Å². The van der Waals surface area contributed by atoms with Crippen molar-refractivity contribution in [2.75, 3.05) is 6.54 Å². The maximum absolute atomic E-state index is 12.0. The van der Waals surface area contributed by atoms with E-state index in [4.69, 9.17) is 4.98 Å². The van der Waals surface area contributed by atoms with Crippen LogP contribution in [0.15, 0.2) is 24.3 Å². The van der Waals surface area contributed by atoms with Crippen LogP contribution in [0.4, 0.5) is 0 Å². The third-order valence-corrected chi connectivity index (χ3v) is 4.91. The summed E-state index contributed by atoms with van der Waals surface area (Å²) in [6.07, 6.45) is 7.27. The number of imidazole rings is 1. The van der Waals surface area contributed by atoms with E-state index in [9.17, 15) is 4.79 Å². The molecule has 1 aromatic carbocycles. The minimum atomic E-state index is 0.175. The normalized spacial score (nSPS) is 11.4. The van der Waals surface area contributed by atoms with Gasteiger partial charge in [0.25, 0.3) is 0 Å². The van der Waals surface area contributed by atoms with E-state index in [-0.39, 0.29) is 11.8 Å². The zero-order chi connectivity index (χ0) is 18.1. The molecule has 0 saturated heterocycles. The lowest BCUT2D eigenvalue weighted by Crippen LogP contribution is -2.30. The van der Waals surface area contributed by atoms with Crippen LogP contribution in [0.3, 0.4) is 0 Å². The van der Waals surface area contributed by atoms with Crippen LogP contribution in [0.2, 0.25) is 0 Å². The second kappa shape index (κ2) is 10.2. The van der Waals surface area contributed by atoms with Crippen LogP contribution < -0.4 is 5.32 Å². The fraction of sp³-hybridized carbons (Fsp3) is 0.619. The summed E-state index contributed by atoms with van der Waals surface area (Å²) in [5, 5.41) is 3.08. The Morgan fingerprint density at radius 3 is 2.60 bits per heavy atom. The van der Waals surface area contributed by atoms with Crippen molar-refractivity contribution < 1.29 is 4.79 Å². The van der Waals surface area contributed by atoms with Gasteiger partial charge in [-0.3, -0.25) is 4.79 Å². The lowest BCUT2D eigenvalue weighted by atomic mass is 10.0. The van der Waals surface area contributed by atoms with Crippen molar-refractivity contribution in [3.63, 3.8) is 0 Å². The molecule has 1 N–H and O–H groups in total. The highest BCUT2D eigenvalue weighted by atomic mass is 16.1. The van der Waals surface area contributed by atoms with Crippen molar-refractivity contribution in [2.24, 2.45) is 5.92 Å². The Hall–Kier alpha value is -1.84. The zero-order valence-corrected chi connectivity index (χ0v) is 16.1. The summed E-state index contributed by atoms with van der Waals surface area (Å²) in [4.78, 5) is 16.8. The fourth-order valence-corrected chi connectivity index (χ4v) is 3.39. The summed E-state index contributed by atoms with van der Waals surface area (Å²) in [6.45, 7) is 8.19. The van der Waals surface area contributed by atoms with Crippen LogP contribution >= 0.6 is 0 Å². The Labute approximate surface area is 152 Å². The van der Waals surface area contributed by atoms with Gasteiger partial charge in [-0.1, -0.05) is 39.3 Å². The number of benzene rings is 1. The van der Waals surface area contributed by atoms with Gasteiger partial charge in [-0.05, 0) is 44.2 Å². The van der Waals surface area contributed by atoms with Gasteiger partial charge >= 0.3 is 0 Å². The van der Waals surface area contributed by atoms with Gasteiger partial charge in [-0.25, -0.2) is 4.98 Å². The highest BCUT2D eigenvalue weighted by molar-refractivity contribution is 5.78. The number of carbonyl (C=O) groups excluding carboxylic acids is 1. The molecular formula is C21H33N3O. The first kappa shape index (κ1) is 19.5. The first-order valence-electron chi connectivity index (χ1n) is 9.93. The number of unbranched alkanes of at least 4 members (excludes halogenated alkanes) is 2. The number of aryl methyl sites for hydroxylation is 2. The second-order valence-corrected chi connectivity index (χ2v) is 6.78. The molecule has 2 rings (SSSR count). The fourth-order valence-electron chi connectivity index (χ4n) is 3.39. The van der Waals surface area contributed by atoms with Crippen molar-refractivity contribution in [1.29, 1.82) is 0 Å². The number of nitrogens with zero attached hydrogens (tertiary/aromatic N) is 2. The smallest absolute Gasteiger partial charge is 0.223 e. The molecule has 1 aromatic heterocycles. The molecule has 1 amide bonds. The molecule has 2 aromatic rings. The lowest BCUT2D eigenvalue weighted by molar-refractivity contribution is -0.125. The van der Waals surface area contributed by atoms with E-state index < -0.39 is 0 Å². The summed E-state index contributed by atoms with van der Waals surface area (Å²) in [7, 11) is 0. The third kappa shape index (κ3) is 5.32. The summed E-state index contributed by atoms with van der Waals surface area (Å²) >= 11 is 0. The van der Waals surface area contributed by atoms with E-state index in [1.807, 2.05) is 0 Å². The van der Waals surface area contributed by atoms with Crippen molar-refractivity contribution in [2.45, 2.75) is 72.3 Å². The van der Waals surface area contributed by atoms with Gasteiger partial charge in [0.15, 0.2) is 0 Å². The molecule has 0 aliphatic heterocycles. The Morgan fingerprint density at radius 2 is 1.88 bits per heavy atom. The van der Waals surface area contributed by atoms with Gasteiger partial charge in [-0.2, -0.15) is 0 Å². The number of hydrogen-bond donors (Lipinski definition) is 1. The van der Waals surface area contributed by atoms with Crippen molar-refractivity contribution >= 4 is 16.9 Å². The first-order valence-corrected chi connectivity index (χ1v) is 9.93. The van der Waals surface area contributed by atoms with E-state index in [1.165, 1.54) is 11.3 Å². The number of fused-ring (bicyclic) bond motifs is 1. The number of carbonyl (C=O) groups is 1. The van der Waals surface area contributed by atoms with Crippen LogP contribution in [0.5, 0.6) is 0 Å². The number of para-hydroxylation sites is 2. The summed E-state index contributed by atoms with van der Waals surface area (Å²) in [5.41, 5.74) is 2.35. The Balaban J connectivity index is 1.77. The average Bonchev–Trinajstić information content (AvgIpc) is 2.97. The molecule has 0 aliphatic carbocycles. The van der Waals surface area contributed by atoms with Crippen LogP contribution in [0, 0.1) is 5.92 Å². The maximum atomic E-state index is 12.0.